The van der Waals surface area contributed by atoms with Crippen LogP contribution in [0.25, 0.3) is 0 Å². The molecule has 0 atom stereocenters. The van der Waals surface area contributed by atoms with Gasteiger partial charge in [0.25, 0.3) is 11.6 Å². The Morgan fingerprint density at radius 1 is 1.45 bits per heavy atom. The highest BCUT2D eigenvalue weighted by molar-refractivity contribution is 7.80. The minimum atomic E-state index is -0.618. The van der Waals surface area contributed by atoms with Crippen LogP contribution in [0.3, 0.4) is 0 Å². The number of nitrogens with one attached hydrogen (secondary N) is 2. The van der Waals surface area contributed by atoms with Crippen molar-refractivity contribution in [1.82, 2.24) is 10.6 Å². The molecule has 0 aliphatic rings. The molecule has 0 heterocycles. The fraction of sp³-hybridized carbons (Fsp3) is 0.333. The van der Waals surface area contributed by atoms with Gasteiger partial charge in [-0.15, -0.1) is 6.42 Å². The number of nitro benzene ring substituents is 1. The second-order valence-corrected chi connectivity index (χ2v) is 5.06. The maximum atomic E-state index is 12.1. The summed E-state index contributed by atoms with van der Waals surface area (Å²) in [5, 5.41) is 16.2. The van der Waals surface area contributed by atoms with Crippen molar-refractivity contribution >= 4 is 28.9 Å². The number of hydrogen-bond donors (Lipinski definition) is 2. The van der Waals surface area contributed by atoms with E-state index < -0.39 is 16.4 Å². The molecule has 0 aromatic heterocycles. The van der Waals surface area contributed by atoms with Gasteiger partial charge in [0.2, 0.25) is 0 Å². The van der Waals surface area contributed by atoms with Gasteiger partial charge >= 0.3 is 0 Å². The highest BCUT2D eigenvalue weighted by Gasteiger charge is 2.24. The van der Waals surface area contributed by atoms with E-state index in [-0.39, 0.29) is 16.4 Å². The fourth-order valence-corrected chi connectivity index (χ4v) is 2.14. The van der Waals surface area contributed by atoms with Gasteiger partial charge in [0.05, 0.1) is 10.5 Å². The largest absolute Gasteiger partial charge is 0.346 e. The van der Waals surface area contributed by atoms with Crippen LogP contribution >= 0.6 is 12.2 Å². The molecular weight excluding hydrogens is 302 g/mol. The highest BCUT2D eigenvalue weighted by Crippen LogP contribution is 2.14. The van der Waals surface area contributed by atoms with Crippen molar-refractivity contribution in [3.63, 3.8) is 0 Å². The van der Waals surface area contributed by atoms with E-state index in [0.717, 1.165) is 0 Å². The quantitative estimate of drug-likeness (QED) is 0.377. The first-order valence-electron chi connectivity index (χ1n) is 6.73. The van der Waals surface area contributed by atoms with Crippen LogP contribution in [-0.4, -0.2) is 21.5 Å². The molecule has 0 radical (unpaired) electrons. The van der Waals surface area contributed by atoms with Crippen LogP contribution in [0.5, 0.6) is 0 Å². The molecule has 0 unspecified atom stereocenters. The third-order valence-electron chi connectivity index (χ3n) is 3.38. The molecule has 6 nitrogen and oxygen atoms in total. The number of amides is 1. The normalized spacial score (nSPS) is 10.4. The van der Waals surface area contributed by atoms with Crippen LogP contribution < -0.4 is 10.6 Å². The molecule has 0 spiro atoms. The fourth-order valence-electron chi connectivity index (χ4n) is 1.85. The van der Waals surface area contributed by atoms with E-state index in [2.05, 4.69) is 16.6 Å². The highest BCUT2D eigenvalue weighted by atomic mass is 32.1. The molecule has 1 rings (SSSR count). The van der Waals surface area contributed by atoms with Crippen LogP contribution in [0.1, 0.15) is 37.0 Å². The number of rotatable bonds is 5. The van der Waals surface area contributed by atoms with Crippen molar-refractivity contribution in [2.24, 2.45) is 0 Å². The van der Waals surface area contributed by atoms with Gasteiger partial charge in [-0.25, -0.2) is 0 Å². The van der Waals surface area contributed by atoms with Crippen LogP contribution in [0.2, 0.25) is 0 Å². The van der Waals surface area contributed by atoms with Crippen molar-refractivity contribution in [2.45, 2.75) is 32.2 Å². The van der Waals surface area contributed by atoms with E-state index >= 15 is 0 Å². The summed E-state index contributed by atoms with van der Waals surface area (Å²) in [4.78, 5) is 22.2. The number of carbonyl (C=O) groups excluding carboxylic acids is 1. The van der Waals surface area contributed by atoms with Gasteiger partial charge in [-0.2, -0.15) is 0 Å². The van der Waals surface area contributed by atoms with Gasteiger partial charge in [-0.05, 0) is 31.1 Å². The number of carbonyl (C=O) groups is 1. The average Bonchev–Trinajstić information content (AvgIpc) is 2.52. The molecule has 0 saturated heterocycles. The minimum Gasteiger partial charge on any atom is -0.346 e. The first-order valence-corrected chi connectivity index (χ1v) is 7.14. The summed E-state index contributed by atoms with van der Waals surface area (Å²) >= 11 is 5.09. The zero-order valence-electron chi connectivity index (χ0n) is 12.4. The minimum absolute atomic E-state index is 0.0955. The first-order chi connectivity index (χ1) is 10.4. The molecule has 1 aromatic rings. The lowest BCUT2D eigenvalue weighted by atomic mass is 9.94. The molecule has 1 aromatic carbocycles. The predicted molar refractivity (Wildman–Crippen MR) is 88.4 cm³/mol. The molecule has 2 N–H and O–H groups in total. The lowest BCUT2D eigenvalue weighted by Crippen LogP contribution is -2.51. The van der Waals surface area contributed by atoms with E-state index in [1.54, 1.807) is 0 Å². The second kappa shape index (κ2) is 7.52. The molecule has 22 heavy (non-hydrogen) atoms. The third-order valence-corrected chi connectivity index (χ3v) is 3.59. The lowest BCUT2D eigenvalue weighted by molar-refractivity contribution is -0.384. The monoisotopic (exact) mass is 319 g/mol. The van der Waals surface area contributed by atoms with E-state index in [1.807, 2.05) is 13.8 Å². The number of nitrogens with zero attached hydrogens (tertiary/aromatic N) is 1. The van der Waals surface area contributed by atoms with Crippen molar-refractivity contribution in [3.8, 4) is 12.3 Å². The summed E-state index contributed by atoms with van der Waals surface area (Å²) < 4.78 is 0. The van der Waals surface area contributed by atoms with Gasteiger partial charge < -0.3 is 5.32 Å². The topological polar surface area (TPSA) is 84.3 Å². The van der Waals surface area contributed by atoms with Gasteiger partial charge in [-0.1, -0.05) is 25.8 Å². The summed E-state index contributed by atoms with van der Waals surface area (Å²) in [5.74, 6) is 2.12. The molecule has 7 heteroatoms. The number of benzene rings is 1. The summed E-state index contributed by atoms with van der Waals surface area (Å²) in [6.07, 6.45) is 6.80. The third kappa shape index (κ3) is 4.27. The van der Waals surface area contributed by atoms with Gasteiger partial charge in [0.15, 0.2) is 5.11 Å². The first kappa shape index (κ1) is 17.6. The van der Waals surface area contributed by atoms with Gasteiger partial charge in [0.1, 0.15) is 0 Å². The molecule has 0 aliphatic carbocycles. The standard InChI is InChI=1S/C15H17N3O3S/c1-4-15(5-2,6-3)17-14(22)16-13(19)11-8-7-9-12(10-11)18(20)21/h1,7-10H,5-6H2,2-3H3,(H2,16,17,19,22). The van der Waals surface area contributed by atoms with Gasteiger partial charge in [-0.3, -0.25) is 20.2 Å². The maximum Gasteiger partial charge on any atom is 0.270 e. The molecule has 0 saturated carbocycles. The van der Waals surface area contributed by atoms with Crippen LogP contribution in [0, 0.1) is 22.5 Å². The molecular formula is C15H17N3O3S. The summed E-state index contributed by atoms with van der Waals surface area (Å²) in [7, 11) is 0. The summed E-state index contributed by atoms with van der Waals surface area (Å²) in [5.41, 5.74) is -0.628. The molecule has 0 fully saturated rings. The number of hydrogen-bond acceptors (Lipinski definition) is 4. The Balaban J connectivity index is 2.81. The number of non-ortho nitro benzene ring substituents is 1. The predicted octanol–water partition coefficient (Wildman–Crippen LogP) is 2.39. The molecule has 116 valence electrons. The van der Waals surface area contributed by atoms with E-state index in [9.17, 15) is 14.9 Å². The van der Waals surface area contributed by atoms with Crippen LogP contribution in [-0.2, 0) is 0 Å². The van der Waals surface area contributed by atoms with Crippen LogP contribution in [0.4, 0.5) is 5.69 Å². The van der Waals surface area contributed by atoms with Crippen molar-refractivity contribution in [1.29, 1.82) is 0 Å². The smallest absolute Gasteiger partial charge is 0.270 e. The Hall–Kier alpha value is -2.46. The Morgan fingerprint density at radius 3 is 2.59 bits per heavy atom. The Morgan fingerprint density at radius 2 is 2.09 bits per heavy atom. The Bertz CT molecular complexity index is 633. The lowest BCUT2D eigenvalue weighted by Gasteiger charge is -2.28. The molecule has 1 amide bonds. The number of thiocarbonyl (C=S) groups is 1. The number of terminal acetylenes is 1. The van der Waals surface area contributed by atoms with E-state index in [4.69, 9.17) is 18.6 Å². The van der Waals surface area contributed by atoms with E-state index in [0.29, 0.717) is 12.8 Å². The van der Waals surface area contributed by atoms with Crippen LogP contribution in [0.15, 0.2) is 24.3 Å². The number of nitro groups is 1. The SMILES string of the molecule is C#CC(CC)(CC)NC(=S)NC(=O)c1cccc([N+](=O)[O-])c1. The second-order valence-electron chi connectivity index (χ2n) is 4.65. The summed E-state index contributed by atoms with van der Waals surface area (Å²) in [6.45, 7) is 3.84. The zero-order valence-corrected chi connectivity index (χ0v) is 13.2. The summed E-state index contributed by atoms with van der Waals surface area (Å²) in [6, 6.07) is 5.41. The Kier molecular flexibility index (Phi) is 6.01. The molecule has 0 aliphatic heterocycles. The van der Waals surface area contributed by atoms with E-state index in [1.165, 1.54) is 24.3 Å². The maximum absolute atomic E-state index is 12.1. The average molecular weight is 319 g/mol. The van der Waals surface area contributed by atoms with Crippen molar-refractivity contribution in [2.75, 3.05) is 0 Å². The molecule has 0 bridgehead atoms. The van der Waals surface area contributed by atoms with Crippen molar-refractivity contribution in [3.05, 3.63) is 39.9 Å². The zero-order chi connectivity index (χ0) is 16.8. The Labute approximate surface area is 134 Å². The van der Waals surface area contributed by atoms with Crippen molar-refractivity contribution < 1.29 is 9.72 Å². The van der Waals surface area contributed by atoms with Gasteiger partial charge in [0, 0.05) is 17.7 Å².